The lowest BCUT2D eigenvalue weighted by Gasteiger charge is -2.23. The number of imide groups is 1. The second-order valence-corrected chi connectivity index (χ2v) is 3.70. The first-order chi connectivity index (χ1) is 7.47. The molecule has 0 bridgehead atoms. The van der Waals surface area contributed by atoms with Gasteiger partial charge in [0, 0.05) is 24.7 Å². The number of carbonyl (C=O) groups is 3. The predicted octanol–water partition coefficient (Wildman–Crippen LogP) is -1.24. The van der Waals surface area contributed by atoms with Gasteiger partial charge in [-0.15, -0.1) is 0 Å². The average molecular weight is 225 g/mol. The van der Waals surface area contributed by atoms with Gasteiger partial charge >= 0.3 is 0 Å². The quantitative estimate of drug-likeness (QED) is 0.585. The minimum absolute atomic E-state index is 0.185. The third-order valence-electron chi connectivity index (χ3n) is 2.35. The molecular weight excluding hydrogens is 210 g/mol. The van der Waals surface area contributed by atoms with E-state index in [1.54, 1.807) is 6.92 Å². The second-order valence-electron chi connectivity index (χ2n) is 3.70. The summed E-state index contributed by atoms with van der Waals surface area (Å²) in [5, 5.41) is 2.61. The topological polar surface area (TPSA) is 92.5 Å². The molecule has 3 N–H and O–H groups in total. The number of nitrogens with two attached hydrogens (primary N) is 1. The zero-order valence-corrected chi connectivity index (χ0v) is 9.27. The first-order valence-electron chi connectivity index (χ1n) is 5.03. The van der Waals surface area contributed by atoms with E-state index in [0.29, 0.717) is 6.54 Å². The fraction of sp³-hybridized carbons (Fsp3) is 0.500. The van der Waals surface area contributed by atoms with Gasteiger partial charge in [-0.25, -0.2) is 0 Å². The van der Waals surface area contributed by atoms with Crippen molar-refractivity contribution in [1.29, 1.82) is 0 Å². The third kappa shape index (κ3) is 2.46. The molecule has 0 fully saturated rings. The number of hydrogen-bond donors (Lipinski definition) is 2. The first kappa shape index (κ1) is 12.4. The van der Waals surface area contributed by atoms with Gasteiger partial charge in [0.2, 0.25) is 5.91 Å². The van der Waals surface area contributed by atoms with Crippen LogP contribution in [0.5, 0.6) is 0 Å². The Hall–Kier alpha value is -1.69. The van der Waals surface area contributed by atoms with E-state index < -0.39 is 17.9 Å². The second kappa shape index (κ2) is 4.89. The Bertz CT molecular complexity index is 333. The van der Waals surface area contributed by atoms with Gasteiger partial charge in [-0.3, -0.25) is 19.3 Å². The number of amides is 3. The molecule has 1 rings (SSSR count). The van der Waals surface area contributed by atoms with E-state index in [4.69, 9.17) is 5.73 Å². The summed E-state index contributed by atoms with van der Waals surface area (Å²) in [5.41, 5.74) is 5.35. The van der Waals surface area contributed by atoms with Crippen molar-refractivity contribution in [2.24, 2.45) is 5.73 Å². The van der Waals surface area contributed by atoms with Gasteiger partial charge in [0.15, 0.2) is 0 Å². The number of carbonyl (C=O) groups excluding carboxylic acids is 3. The Balaban J connectivity index is 2.64. The highest BCUT2D eigenvalue weighted by molar-refractivity contribution is 6.15. The molecule has 1 aliphatic rings. The van der Waals surface area contributed by atoms with Gasteiger partial charge in [0.25, 0.3) is 11.8 Å². The molecule has 0 aromatic heterocycles. The van der Waals surface area contributed by atoms with E-state index in [2.05, 4.69) is 5.32 Å². The lowest BCUT2D eigenvalue weighted by molar-refractivity contribution is -0.144. The minimum Gasteiger partial charge on any atom is -0.351 e. The molecule has 0 spiro atoms. The van der Waals surface area contributed by atoms with Gasteiger partial charge in [0.1, 0.15) is 6.04 Å². The van der Waals surface area contributed by atoms with Crippen LogP contribution >= 0.6 is 0 Å². The van der Waals surface area contributed by atoms with E-state index in [1.165, 1.54) is 6.92 Å². The van der Waals surface area contributed by atoms with E-state index in [9.17, 15) is 14.4 Å². The van der Waals surface area contributed by atoms with Crippen LogP contribution in [0.3, 0.4) is 0 Å². The molecule has 1 heterocycles. The minimum atomic E-state index is -0.816. The fourth-order valence-electron chi connectivity index (χ4n) is 1.33. The summed E-state index contributed by atoms with van der Waals surface area (Å²) in [4.78, 5) is 35.2. The Morgan fingerprint density at radius 1 is 1.38 bits per heavy atom. The van der Waals surface area contributed by atoms with Crippen LogP contribution in [-0.2, 0) is 14.4 Å². The largest absolute Gasteiger partial charge is 0.351 e. The smallest absolute Gasteiger partial charge is 0.254 e. The summed E-state index contributed by atoms with van der Waals surface area (Å²) in [6, 6.07) is -1.00. The molecule has 3 amide bonds. The summed E-state index contributed by atoms with van der Waals surface area (Å²) in [5.74, 6) is -1.32. The van der Waals surface area contributed by atoms with Crippen molar-refractivity contribution in [3.63, 3.8) is 0 Å². The molecular formula is C10H15N3O3. The molecule has 0 radical (unpaired) electrons. The summed E-state index contributed by atoms with van der Waals surface area (Å²) in [7, 11) is 0. The van der Waals surface area contributed by atoms with Crippen molar-refractivity contribution in [2.75, 3.05) is 6.54 Å². The van der Waals surface area contributed by atoms with Crippen molar-refractivity contribution in [3.8, 4) is 0 Å². The Kier molecular flexibility index (Phi) is 3.78. The summed E-state index contributed by atoms with van der Waals surface area (Å²) in [6.45, 7) is 3.55. The summed E-state index contributed by atoms with van der Waals surface area (Å²) < 4.78 is 0. The third-order valence-corrected chi connectivity index (χ3v) is 2.35. The molecule has 0 aromatic carbocycles. The van der Waals surface area contributed by atoms with Crippen molar-refractivity contribution >= 4 is 17.7 Å². The van der Waals surface area contributed by atoms with Crippen molar-refractivity contribution in [2.45, 2.75) is 25.9 Å². The van der Waals surface area contributed by atoms with Gasteiger partial charge in [-0.1, -0.05) is 0 Å². The SMILES string of the molecule is CC(CN)NC(=O)C(C)N1C(=O)C=CC1=O. The molecule has 2 unspecified atom stereocenters. The number of hydrogen-bond acceptors (Lipinski definition) is 4. The van der Waals surface area contributed by atoms with Crippen molar-refractivity contribution in [3.05, 3.63) is 12.2 Å². The van der Waals surface area contributed by atoms with Crippen LogP contribution in [0.2, 0.25) is 0 Å². The van der Waals surface area contributed by atoms with Crippen LogP contribution in [0.15, 0.2) is 12.2 Å². The molecule has 2 atom stereocenters. The zero-order chi connectivity index (χ0) is 12.3. The van der Waals surface area contributed by atoms with E-state index in [1.807, 2.05) is 0 Å². The molecule has 6 heteroatoms. The van der Waals surface area contributed by atoms with E-state index in [0.717, 1.165) is 17.1 Å². The van der Waals surface area contributed by atoms with Crippen LogP contribution in [0.4, 0.5) is 0 Å². The molecule has 0 saturated carbocycles. The summed E-state index contributed by atoms with van der Waals surface area (Å²) >= 11 is 0. The fourth-order valence-corrected chi connectivity index (χ4v) is 1.33. The lowest BCUT2D eigenvalue weighted by atomic mass is 10.2. The lowest BCUT2D eigenvalue weighted by Crippen LogP contribution is -2.51. The van der Waals surface area contributed by atoms with E-state index in [-0.39, 0.29) is 11.9 Å². The van der Waals surface area contributed by atoms with Crippen molar-refractivity contribution < 1.29 is 14.4 Å². The van der Waals surface area contributed by atoms with Crippen LogP contribution in [0.25, 0.3) is 0 Å². The van der Waals surface area contributed by atoms with Crippen LogP contribution in [0.1, 0.15) is 13.8 Å². The monoisotopic (exact) mass is 225 g/mol. The van der Waals surface area contributed by atoms with Gasteiger partial charge < -0.3 is 11.1 Å². The maximum absolute atomic E-state index is 11.6. The Morgan fingerprint density at radius 2 is 1.88 bits per heavy atom. The molecule has 0 saturated heterocycles. The van der Waals surface area contributed by atoms with Gasteiger partial charge in [-0.2, -0.15) is 0 Å². The van der Waals surface area contributed by atoms with Gasteiger partial charge in [-0.05, 0) is 13.8 Å². The Morgan fingerprint density at radius 3 is 2.31 bits per heavy atom. The number of nitrogens with one attached hydrogen (secondary N) is 1. The number of rotatable bonds is 4. The first-order valence-corrected chi connectivity index (χ1v) is 5.03. The molecule has 0 aliphatic carbocycles. The zero-order valence-electron chi connectivity index (χ0n) is 9.27. The van der Waals surface area contributed by atoms with E-state index >= 15 is 0 Å². The van der Waals surface area contributed by atoms with Crippen molar-refractivity contribution in [1.82, 2.24) is 10.2 Å². The van der Waals surface area contributed by atoms with Crippen LogP contribution < -0.4 is 11.1 Å². The molecule has 16 heavy (non-hydrogen) atoms. The van der Waals surface area contributed by atoms with Gasteiger partial charge in [0.05, 0.1) is 0 Å². The normalized spacial score (nSPS) is 18.8. The number of nitrogens with zero attached hydrogens (tertiary/aromatic N) is 1. The van der Waals surface area contributed by atoms with Crippen LogP contribution in [0, 0.1) is 0 Å². The highest BCUT2D eigenvalue weighted by atomic mass is 16.2. The maximum atomic E-state index is 11.6. The molecule has 6 nitrogen and oxygen atoms in total. The Labute approximate surface area is 93.5 Å². The average Bonchev–Trinajstić information content (AvgIpc) is 2.57. The highest BCUT2D eigenvalue weighted by Crippen LogP contribution is 2.09. The highest BCUT2D eigenvalue weighted by Gasteiger charge is 2.32. The maximum Gasteiger partial charge on any atom is 0.254 e. The molecule has 0 aromatic rings. The predicted molar refractivity (Wildman–Crippen MR) is 57.1 cm³/mol. The molecule has 88 valence electrons. The van der Waals surface area contributed by atoms with Crippen LogP contribution in [-0.4, -0.2) is 41.2 Å². The standard InChI is InChI=1S/C10H15N3O3/c1-6(5-11)12-10(16)7(2)13-8(14)3-4-9(13)15/h3-4,6-7H,5,11H2,1-2H3,(H,12,16). The molecule has 1 aliphatic heterocycles. The summed E-state index contributed by atoms with van der Waals surface area (Å²) in [6.07, 6.45) is 2.30.